The van der Waals surface area contributed by atoms with Crippen LogP contribution >= 0.6 is 0 Å². The van der Waals surface area contributed by atoms with Crippen LogP contribution in [0.25, 0.3) is 0 Å². The molecule has 2 nitrogen and oxygen atoms in total. The second kappa shape index (κ2) is 4.76. The molecular weight excluding hydrogens is 208 g/mol. The van der Waals surface area contributed by atoms with Crippen LogP contribution in [0.5, 0.6) is 0 Å². The van der Waals surface area contributed by atoms with Gasteiger partial charge in [-0.3, -0.25) is 0 Å². The summed E-state index contributed by atoms with van der Waals surface area (Å²) >= 11 is 0. The van der Waals surface area contributed by atoms with Crippen molar-refractivity contribution in [3.05, 3.63) is 58.9 Å². The molecule has 0 radical (unpaired) electrons. The first-order chi connectivity index (χ1) is 8.15. The number of aryl methyl sites for hydroxylation is 1. The molecule has 0 aliphatic heterocycles. The molecule has 0 amide bonds. The van der Waals surface area contributed by atoms with E-state index in [-0.39, 0.29) is 0 Å². The van der Waals surface area contributed by atoms with E-state index in [2.05, 4.69) is 61.7 Å². The van der Waals surface area contributed by atoms with Crippen LogP contribution in [0.15, 0.2) is 36.4 Å². The zero-order valence-electron chi connectivity index (χ0n) is 10.8. The predicted molar refractivity (Wildman–Crippen MR) is 72.1 cm³/mol. The van der Waals surface area contributed by atoms with Crippen LogP contribution in [0.3, 0.4) is 0 Å². The van der Waals surface area contributed by atoms with Crippen molar-refractivity contribution < 1.29 is 0 Å². The Balaban J connectivity index is 2.44. The Hall–Kier alpha value is -1.54. The molecule has 0 aliphatic carbocycles. The zero-order chi connectivity index (χ0) is 12.4. The molecule has 0 saturated carbocycles. The molecule has 1 aromatic heterocycles. The van der Waals surface area contributed by atoms with E-state index < -0.39 is 0 Å². The summed E-state index contributed by atoms with van der Waals surface area (Å²) in [6, 6.07) is 13.1. The highest BCUT2D eigenvalue weighted by Crippen LogP contribution is 2.25. The molecule has 1 unspecified atom stereocenters. The third kappa shape index (κ3) is 2.13. The summed E-state index contributed by atoms with van der Waals surface area (Å²) in [6.45, 7) is 7.14. The highest BCUT2D eigenvalue weighted by molar-refractivity contribution is 5.30. The summed E-state index contributed by atoms with van der Waals surface area (Å²) in [5.74, 6) is 0. The lowest BCUT2D eigenvalue weighted by atomic mass is 10.1. The molecule has 1 heterocycles. The van der Waals surface area contributed by atoms with Crippen molar-refractivity contribution in [1.82, 2.24) is 4.57 Å². The molecule has 17 heavy (non-hydrogen) atoms. The average Bonchev–Trinajstić information content (AvgIpc) is 2.64. The number of nitrogens with two attached hydrogens (primary N) is 1. The van der Waals surface area contributed by atoms with Crippen molar-refractivity contribution in [3.8, 4) is 0 Å². The summed E-state index contributed by atoms with van der Waals surface area (Å²) in [7, 11) is 0. The van der Waals surface area contributed by atoms with E-state index in [9.17, 15) is 0 Å². The van der Waals surface area contributed by atoms with Crippen LogP contribution in [0, 0.1) is 13.8 Å². The topological polar surface area (TPSA) is 30.9 Å². The molecule has 0 fully saturated rings. The second-order valence-corrected chi connectivity index (χ2v) is 4.56. The van der Waals surface area contributed by atoms with E-state index >= 15 is 0 Å². The molecule has 0 aliphatic rings. The van der Waals surface area contributed by atoms with Crippen LogP contribution in [0.1, 0.15) is 35.5 Å². The fourth-order valence-electron chi connectivity index (χ4n) is 2.53. The lowest BCUT2D eigenvalue weighted by molar-refractivity contribution is 0.608. The minimum absolute atomic E-state index is 0.358. The number of nitrogens with zero attached hydrogens (tertiary/aromatic N) is 1. The van der Waals surface area contributed by atoms with Gasteiger partial charge < -0.3 is 10.3 Å². The van der Waals surface area contributed by atoms with E-state index in [1.165, 1.54) is 22.5 Å². The lowest BCUT2D eigenvalue weighted by Gasteiger charge is -2.19. The molecule has 1 aromatic carbocycles. The minimum atomic E-state index is 0.358. The van der Waals surface area contributed by atoms with E-state index in [0.29, 0.717) is 12.6 Å². The summed E-state index contributed by atoms with van der Waals surface area (Å²) in [5.41, 5.74) is 10.9. The van der Waals surface area contributed by atoms with Gasteiger partial charge in [-0.25, -0.2) is 0 Å². The summed E-state index contributed by atoms with van der Waals surface area (Å²) in [6.07, 6.45) is 0. The Labute approximate surface area is 103 Å². The average molecular weight is 228 g/mol. The van der Waals surface area contributed by atoms with E-state index in [0.717, 1.165) is 0 Å². The van der Waals surface area contributed by atoms with Gasteiger partial charge >= 0.3 is 0 Å². The van der Waals surface area contributed by atoms with Crippen LogP contribution in [-0.4, -0.2) is 4.57 Å². The summed E-state index contributed by atoms with van der Waals surface area (Å²) in [4.78, 5) is 0. The number of hydrogen-bond acceptors (Lipinski definition) is 1. The third-order valence-corrected chi connectivity index (χ3v) is 3.48. The first kappa shape index (κ1) is 11.9. The molecule has 0 bridgehead atoms. The molecule has 1 atom stereocenters. The van der Waals surface area contributed by atoms with Gasteiger partial charge in [0.1, 0.15) is 0 Å². The Bertz CT molecular complexity index is 497. The Morgan fingerprint density at radius 3 is 2.35 bits per heavy atom. The normalized spacial score (nSPS) is 12.7. The Morgan fingerprint density at radius 2 is 1.82 bits per heavy atom. The van der Waals surface area contributed by atoms with Crippen molar-refractivity contribution in [2.45, 2.75) is 33.4 Å². The number of hydrogen-bond donors (Lipinski definition) is 1. The van der Waals surface area contributed by atoms with Crippen LogP contribution < -0.4 is 5.73 Å². The monoisotopic (exact) mass is 228 g/mol. The van der Waals surface area contributed by atoms with Gasteiger partial charge in [0.2, 0.25) is 0 Å². The van der Waals surface area contributed by atoms with Gasteiger partial charge in [-0.2, -0.15) is 0 Å². The number of rotatable bonds is 3. The van der Waals surface area contributed by atoms with E-state index in [1.54, 1.807) is 0 Å². The largest absolute Gasteiger partial charge is 0.342 e. The van der Waals surface area contributed by atoms with Gasteiger partial charge in [0.05, 0.1) is 6.04 Å². The molecular formula is C15H20N2. The Kier molecular flexibility index (Phi) is 3.34. The van der Waals surface area contributed by atoms with Gasteiger partial charge in [0, 0.05) is 17.9 Å². The molecule has 90 valence electrons. The van der Waals surface area contributed by atoms with E-state index in [1.807, 2.05) is 0 Å². The Morgan fingerprint density at radius 1 is 1.18 bits per heavy atom. The molecule has 2 heteroatoms. The first-order valence-corrected chi connectivity index (χ1v) is 6.07. The molecule has 0 spiro atoms. The zero-order valence-corrected chi connectivity index (χ0v) is 10.8. The fraction of sp³-hybridized carbons (Fsp3) is 0.333. The maximum Gasteiger partial charge on any atom is 0.0556 e. The van der Waals surface area contributed by atoms with Crippen LogP contribution in [-0.2, 0) is 6.54 Å². The summed E-state index contributed by atoms with van der Waals surface area (Å²) < 4.78 is 2.36. The third-order valence-electron chi connectivity index (χ3n) is 3.48. The highest BCUT2D eigenvalue weighted by Gasteiger charge is 2.14. The maximum absolute atomic E-state index is 5.76. The number of aromatic nitrogens is 1. The van der Waals surface area contributed by atoms with Crippen LogP contribution in [0.2, 0.25) is 0 Å². The van der Waals surface area contributed by atoms with Gasteiger partial charge in [0.25, 0.3) is 0 Å². The molecule has 2 rings (SSSR count). The fourth-order valence-corrected chi connectivity index (χ4v) is 2.53. The van der Waals surface area contributed by atoms with Crippen molar-refractivity contribution in [1.29, 1.82) is 0 Å². The maximum atomic E-state index is 5.76. The predicted octanol–water partition coefficient (Wildman–Crippen LogP) is 3.17. The van der Waals surface area contributed by atoms with Crippen LogP contribution in [0.4, 0.5) is 0 Å². The van der Waals surface area contributed by atoms with E-state index in [4.69, 9.17) is 5.73 Å². The standard InChI is InChI=1S/C15H20N2/c1-11-9-15(10-16)13(3)17(11)12(2)14-7-5-4-6-8-14/h4-9,12H,10,16H2,1-3H3. The molecule has 2 aromatic rings. The first-order valence-electron chi connectivity index (χ1n) is 6.07. The SMILES string of the molecule is Cc1cc(CN)c(C)n1C(C)c1ccccc1. The molecule has 0 saturated heterocycles. The van der Waals surface area contributed by atoms with Gasteiger partial charge in [-0.05, 0) is 38.0 Å². The summed E-state index contributed by atoms with van der Waals surface area (Å²) in [5, 5.41) is 0. The van der Waals surface area contributed by atoms with Crippen molar-refractivity contribution in [3.63, 3.8) is 0 Å². The quantitative estimate of drug-likeness (QED) is 0.859. The lowest BCUT2D eigenvalue weighted by Crippen LogP contribution is -2.10. The highest BCUT2D eigenvalue weighted by atomic mass is 15.0. The van der Waals surface area contributed by atoms with Crippen molar-refractivity contribution in [2.75, 3.05) is 0 Å². The van der Waals surface area contributed by atoms with Gasteiger partial charge in [-0.1, -0.05) is 30.3 Å². The number of benzene rings is 1. The van der Waals surface area contributed by atoms with Gasteiger partial charge in [0.15, 0.2) is 0 Å². The van der Waals surface area contributed by atoms with Crippen molar-refractivity contribution in [2.24, 2.45) is 5.73 Å². The second-order valence-electron chi connectivity index (χ2n) is 4.56. The smallest absolute Gasteiger partial charge is 0.0556 e. The minimum Gasteiger partial charge on any atom is -0.342 e. The van der Waals surface area contributed by atoms with Crippen molar-refractivity contribution >= 4 is 0 Å². The van der Waals surface area contributed by atoms with Gasteiger partial charge in [-0.15, -0.1) is 0 Å². The molecule has 2 N–H and O–H groups in total.